The van der Waals surface area contributed by atoms with E-state index < -0.39 is 12.5 Å². The summed E-state index contributed by atoms with van der Waals surface area (Å²) in [7, 11) is 0. The smallest absolute Gasteiger partial charge is 0.264 e. The van der Waals surface area contributed by atoms with Crippen LogP contribution in [0.5, 0.6) is 0 Å². The van der Waals surface area contributed by atoms with E-state index in [1.54, 1.807) is 0 Å². The van der Waals surface area contributed by atoms with Gasteiger partial charge in [0, 0.05) is 37.3 Å². The van der Waals surface area contributed by atoms with Crippen LogP contribution in [0.4, 0.5) is 31.9 Å². The summed E-state index contributed by atoms with van der Waals surface area (Å²) in [6, 6.07) is 4.90. The second-order valence-corrected chi connectivity index (χ2v) is 9.25. The average molecular weight is 520 g/mol. The normalized spacial score (nSPS) is 16.8. The lowest BCUT2D eigenvalue weighted by molar-refractivity contribution is 0.0908. The van der Waals surface area contributed by atoms with Gasteiger partial charge in [-0.3, -0.25) is 0 Å². The average Bonchev–Trinajstić information content (AvgIpc) is 3.55. The molecule has 14 heteroatoms. The molecule has 5 rings (SSSR count). The predicted molar refractivity (Wildman–Crippen MR) is 129 cm³/mol. The van der Waals surface area contributed by atoms with Crippen molar-refractivity contribution >= 4 is 40.4 Å². The second kappa shape index (κ2) is 9.98. The molecular weight excluding hydrogens is 496 g/mol. The van der Waals surface area contributed by atoms with Crippen LogP contribution in [0.1, 0.15) is 30.5 Å². The minimum Gasteiger partial charge on any atom is -0.394 e. The summed E-state index contributed by atoms with van der Waals surface area (Å²) < 4.78 is 28.8. The van der Waals surface area contributed by atoms with Gasteiger partial charge in [-0.2, -0.15) is 14.8 Å². The summed E-state index contributed by atoms with van der Waals surface area (Å²) in [5.41, 5.74) is 1.000. The quantitative estimate of drug-likeness (QED) is 0.269. The Kier molecular flexibility index (Phi) is 6.76. The maximum absolute atomic E-state index is 13.7. The van der Waals surface area contributed by atoms with Gasteiger partial charge in [-0.05, 0) is 25.0 Å². The third kappa shape index (κ3) is 4.98. The number of aliphatic hydroxyl groups is 2. The Bertz CT molecular complexity index is 1300. The Morgan fingerprint density at radius 3 is 2.69 bits per heavy atom. The summed E-state index contributed by atoms with van der Waals surface area (Å²) >= 11 is 6.65. The molecule has 2 fully saturated rings. The van der Waals surface area contributed by atoms with Crippen LogP contribution in [0.25, 0.3) is 5.65 Å². The number of benzene rings is 1. The van der Waals surface area contributed by atoms with E-state index in [0.717, 1.165) is 12.8 Å². The lowest BCUT2D eigenvalue weighted by Crippen LogP contribution is -2.59. The van der Waals surface area contributed by atoms with E-state index >= 15 is 0 Å². The maximum Gasteiger partial charge on any atom is 0.264 e. The highest BCUT2D eigenvalue weighted by Crippen LogP contribution is 2.40. The van der Waals surface area contributed by atoms with Crippen LogP contribution in [0.3, 0.4) is 0 Å². The van der Waals surface area contributed by atoms with Gasteiger partial charge in [0.05, 0.1) is 35.3 Å². The van der Waals surface area contributed by atoms with Crippen molar-refractivity contribution in [3.8, 4) is 6.07 Å². The fourth-order valence-corrected chi connectivity index (χ4v) is 4.17. The van der Waals surface area contributed by atoms with Gasteiger partial charge in [-0.1, -0.05) is 11.6 Å². The molecule has 1 aliphatic carbocycles. The molecule has 0 amide bonds. The number of imidazole rings is 1. The minimum atomic E-state index is -2.73. The summed E-state index contributed by atoms with van der Waals surface area (Å²) in [5, 5.41) is 41.7. The Morgan fingerprint density at radius 2 is 2.03 bits per heavy atom. The molecule has 1 aliphatic heterocycles. The summed E-state index contributed by atoms with van der Waals surface area (Å²) in [6.07, 6.45) is -0.232. The first-order chi connectivity index (χ1) is 17.4. The van der Waals surface area contributed by atoms with E-state index in [-0.39, 0.29) is 53.2 Å². The van der Waals surface area contributed by atoms with Crippen molar-refractivity contribution in [2.75, 3.05) is 41.8 Å². The largest absolute Gasteiger partial charge is 0.394 e. The Hall–Kier alpha value is -3.31. The number of nitriles is 1. The zero-order chi connectivity index (χ0) is 25.4. The number of alkyl halides is 2. The molecule has 1 unspecified atom stereocenters. The van der Waals surface area contributed by atoms with Crippen LogP contribution in [0.2, 0.25) is 5.02 Å². The lowest BCUT2D eigenvalue weighted by atomic mass is 10.1. The molecule has 190 valence electrons. The van der Waals surface area contributed by atoms with Crippen LogP contribution < -0.4 is 20.9 Å². The molecule has 5 N–H and O–H groups in total. The Labute approximate surface area is 209 Å². The Morgan fingerprint density at radius 1 is 1.25 bits per heavy atom. The van der Waals surface area contributed by atoms with E-state index in [1.807, 2.05) is 11.0 Å². The minimum absolute atomic E-state index is 0.0151. The van der Waals surface area contributed by atoms with Gasteiger partial charge >= 0.3 is 0 Å². The molecule has 1 atom stereocenters. The van der Waals surface area contributed by atoms with Crippen molar-refractivity contribution in [2.45, 2.75) is 37.5 Å². The number of nitrogens with zero attached hydrogens (tertiary/aromatic N) is 6. The van der Waals surface area contributed by atoms with E-state index in [1.165, 1.54) is 22.8 Å². The molecule has 3 aromatic rings. The highest BCUT2D eigenvalue weighted by molar-refractivity contribution is 6.36. The van der Waals surface area contributed by atoms with Crippen LogP contribution in [-0.4, -0.2) is 74.2 Å². The number of fused-ring (bicyclic) bond motifs is 1. The zero-order valence-corrected chi connectivity index (χ0v) is 19.8. The van der Waals surface area contributed by atoms with Crippen LogP contribution in [-0.2, 0) is 0 Å². The van der Waals surface area contributed by atoms with E-state index in [0.29, 0.717) is 30.2 Å². The van der Waals surface area contributed by atoms with Crippen LogP contribution >= 0.6 is 11.6 Å². The van der Waals surface area contributed by atoms with Crippen molar-refractivity contribution < 1.29 is 19.0 Å². The number of aromatic nitrogens is 4. The molecule has 36 heavy (non-hydrogen) atoms. The standard InChI is InChI=1S/C22H24ClF2N9O2/c23-18-16(3-11(19(24)25)4-17(18)33-8-13(9-33)27-7-15(36)10-35)30-22-31-20(29-12-1-2-12)21-28-6-14(5-26)34(21)32-22/h3-4,6,12-13,15,19,27,35-36H,1-2,7-10H2,(H2,29,30,31,32). The fraction of sp³-hybridized carbons (Fsp3) is 0.455. The molecule has 11 nitrogen and oxygen atoms in total. The van der Waals surface area contributed by atoms with Gasteiger partial charge < -0.3 is 31.1 Å². The number of rotatable bonds is 10. The number of nitrogens with one attached hydrogen (secondary N) is 3. The van der Waals surface area contributed by atoms with Gasteiger partial charge in [-0.15, -0.1) is 5.10 Å². The first-order valence-corrected chi connectivity index (χ1v) is 11.8. The monoisotopic (exact) mass is 519 g/mol. The number of hydrogen-bond donors (Lipinski definition) is 5. The van der Waals surface area contributed by atoms with E-state index in [9.17, 15) is 19.1 Å². The maximum atomic E-state index is 13.7. The second-order valence-electron chi connectivity index (χ2n) is 8.87. The molecule has 0 bridgehead atoms. The van der Waals surface area contributed by atoms with E-state index in [2.05, 4.69) is 31.0 Å². The third-order valence-corrected chi connectivity index (χ3v) is 6.44. The van der Waals surface area contributed by atoms with Crippen molar-refractivity contribution in [2.24, 2.45) is 0 Å². The molecule has 0 spiro atoms. The van der Waals surface area contributed by atoms with Crippen molar-refractivity contribution in [3.05, 3.63) is 34.6 Å². The summed E-state index contributed by atoms with van der Waals surface area (Å²) in [6.45, 7) is 0.856. The Balaban J connectivity index is 1.43. The van der Waals surface area contributed by atoms with Crippen LogP contribution in [0.15, 0.2) is 18.3 Å². The first-order valence-electron chi connectivity index (χ1n) is 11.4. The molecule has 0 radical (unpaired) electrons. The van der Waals surface area contributed by atoms with Gasteiger partial charge in [0.15, 0.2) is 17.2 Å². The van der Waals surface area contributed by atoms with Crippen LogP contribution in [0, 0.1) is 11.3 Å². The van der Waals surface area contributed by atoms with Crippen molar-refractivity contribution in [1.29, 1.82) is 5.26 Å². The highest BCUT2D eigenvalue weighted by atomic mass is 35.5. The summed E-state index contributed by atoms with van der Waals surface area (Å²) in [4.78, 5) is 10.5. The lowest BCUT2D eigenvalue weighted by Gasteiger charge is -2.42. The van der Waals surface area contributed by atoms with Gasteiger partial charge in [0.2, 0.25) is 5.95 Å². The fourth-order valence-electron chi connectivity index (χ4n) is 3.90. The van der Waals surface area contributed by atoms with Crippen molar-refractivity contribution in [1.82, 2.24) is 24.9 Å². The molecule has 1 saturated heterocycles. The predicted octanol–water partition coefficient (Wildman–Crippen LogP) is 2.04. The van der Waals surface area contributed by atoms with Gasteiger partial charge in [0.25, 0.3) is 6.43 Å². The van der Waals surface area contributed by atoms with E-state index in [4.69, 9.17) is 16.7 Å². The zero-order valence-electron chi connectivity index (χ0n) is 19.0. The third-order valence-electron chi connectivity index (χ3n) is 6.04. The topological polar surface area (TPSA) is 147 Å². The molecular formula is C22H24ClF2N9O2. The van der Waals surface area contributed by atoms with Gasteiger partial charge in [0.1, 0.15) is 6.07 Å². The number of halogens is 3. The molecule has 3 heterocycles. The highest BCUT2D eigenvalue weighted by Gasteiger charge is 2.30. The molecule has 2 aromatic heterocycles. The first kappa shape index (κ1) is 24.4. The number of hydrogen-bond acceptors (Lipinski definition) is 10. The van der Waals surface area contributed by atoms with Crippen molar-refractivity contribution in [3.63, 3.8) is 0 Å². The van der Waals surface area contributed by atoms with Gasteiger partial charge in [-0.25, -0.2) is 13.8 Å². The number of aliphatic hydroxyl groups excluding tert-OH is 2. The molecule has 1 saturated carbocycles. The molecule has 2 aliphatic rings. The SMILES string of the molecule is N#Cc1cnc2c(NC3CC3)nc(Nc3cc(C(F)F)cc(N4CC(NCC(O)CO)C4)c3Cl)nn12. The molecule has 1 aromatic carbocycles. The summed E-state index contributed by atoms with van der Waals surface area (Å²) in [5.74, 6) is 0.500. The number of anilines is 4.